The van der Waals surface area contributed by atoms with Gasteiger partial charge in [-0.1, -0.05) is 0 Å². The predicted molar refractivity (Wildman–Crippen MR) is 75.8 cm³/mol. The summed E-state index contributed by atoms with van der Waals surface area (Å²) in [6.45, 7) is 1.17. The van der Waals surface area contributed by atoms with Crippen LogP contribution in [0.15, 0.2) is 29.2 Å². The van der Waals surface area contributed by atoms with Crippen molar-refractivity contribution in [3.05, 3.63) is 47.2 Å². The molecule has 2 heterocycles. The largest absolute Gasteiger partial charge is 0.383 e. The zero-order valence-corrected chi connectivity index (χ0v) is 11.6. The molecule has 4 nitrogen and oxygen atoms in total. The van der Waals surface area contributed by atoms with Gasteiger partial charge in [0.15, 0.2) is 0 Å². The number of nitrogens with two attached hydrogens (primary N) is 1. The molecule has 1 aromatic heterocycles. The average molecular weight is 291 g/mol. The molecule has 6 heteroatoms. The molecule has 0 fully saturated rings. The van der Waals surface area contributed by atoms with Crippen molar-refractivity contribution in [2.24, 2.45) is 0 Å². The fourth-order valence-corrected chi connectivity index (χ4v) is 2.81. The van der Waals surface area contributed by atoms with Crippen LogP contribution in [0, 0.1) is 5.82 Å². The van der Waals surface area contributed by atoms with E-state index in [-0.39, 0.29) is 5.82 Å². The Balaban J connectivity index is 1.74. The third kappa shape index (κ3) is 2.91. The van der Waals surface area contributed by atoms with Crippen molar-refractivity contribution in [1.29, 1.82) is 0 Å². The zero-order valence-electron chi connectivity index (χ0n) is 10.8. The molecule has 3 rings (SSSR count). The maximum absolute atomic E-state index is 12.8. The van der Waals surface area contributed by atoms with Gasteiger partial charge in [0.2, 0.25) is 0 Å². The van der Waals surface area contributed by atoms with E-state index in [9.17, 15) is 4.39 Å². The van der Waals surface area contributed by atoms with E-state index in [4.69, 9.17) is 10.5 Å². The third-order valence-corrected chi connectivity index (χ3v) is 4.09. The highest BCUT2D eigenvalue weighted by Crippen LogP contribution is 2.24. The van der Waals surface area contributed by atoms with Crippen LogP contribution in [-0.4, -0.2) is 16.6 Å². The molecule has 1 aliphatic heterocycles. The van der Waals surface area contributed by atoms with Gasteiger partial charge in [-0.05, 0) is 24.3 Å². The molecular weight excluding hydrogens is 277 g/mol. The number of thioether (sulfide) groups is 1. The predicted octanol–water partition coefficient (Wildman–Crippen LogP) is 2.56. The first-order valence-corrected chi connectivity index (χ1v) is 7.31. The molecule has 0 aliphatic carbocycles. The van der Waals surface area contributed by atoms with E-state index in [1.54, 1.807) is 23.9 Å². The molecule has 0 amide bonds. The molecule has 2 N–H and O–H groups in total. The SMILES string of the molecule is Nc1nc(CSc2ccc(F)cc2)nc2c1COCC2. The summed E-state index contributed by atoms with van der Waals surface area (Å²) in [5.74, 6) is 1.59. The number of fused-ring (bicyclic) bond motifs is 1. The monoisotopic (exact) mass is 291 g/mol. The fraction of sp³-hybridized carbons (Fsp3) is 0.286. The lowest BCUT2D eigenvalue weighted by atomic mass is 10.1. The highest BCUT2D eigenvalue weighted by atomic mass is 32.2. The minimum absolute atomic E-state index is 0.233. The summed E-state index contributed by atoms with van der Waals surface area (Å²) in [5, 5.41) is 0. The lowest BCUT2D eigenvalue weighted by Gasteiger charge is -2.17. The lowest BCUT2D eigenvalue weighted by molar-refractivity contribution is 0.109. The molecule has 0 saturated heterocycles. The Labute approximate surface area is 120 Å². The van der Waals surface area contributed by atoms with E-state index in [0.29, 0.717) is 30.6 Å². The van der Waals surface area contributed by atoms with Crippen molar-refractivity contribution in [3.8, 4) is 0 Å². The summed E-state index contributed by atoms with van der Waals surface area (Å²) >= 11 is 1.56. The Morgan fingerprint density at radius 1 is 1.25 bits per heavy atom. The highest BCUT2D eigenvalue weighted by Gasteiger charge is 2.16. The van der Waals surface area contributed by atoms with Crippen molar-refractivity contribution < 1.29 is 9.13 Å². The van der Waals surface area contributed by atoms with E-state index in [1.165, 1.54) is 12.1 Å². The molecule has 0 saturated carbocycles. The number of hydrogen-bond acceptors (Lipinski definition) is 5. The Bertz CT molecular complexity index is 619. The van der Waals surface area contributed by atoms with Crippen LogP contribution < -0.4 is 5.73 Å². The molecule has 2 aromatic rings. The summed E-state index contributed by atoms with van der Waals surface area (Å²) in [4.78, 5) is 9.83. The molecular formula is C14H14FN3OS. The number of nitrogen functional groups attached to an aromatic ring is 1. The number of hydrogen-bond donors (Lipinski definition) is 1. The van der Waals surface area contributed by atoms with Crippen LogP contribution in [0.5, 0.6) is 0 Å². The van der Waals surface area contributed by atoms with Gasteiger partial charge in [0.05, 0.1) is 24.7 Å². The normalized spacial score (nSPS) is 14.1. The van der Waals surface area contributed by atoms with Gasteiger partial charge in [0.1, 0.15) is 17.5 Å². The zero-order chi connectivity index (χ0) is 13.9. The quantitative estimate of drug-likeness (QED) is 0.881. The van der Waals surface area contributed by atoms with Gasteiger partial charge in [-0.2, -0.15) is 0 Å². The molecule has 1 aliphatic rings. The summed E-state index contributed by atoms with van der Waals surface area (Å²) < 4.78 is 18.2. The van der Waals surface area contributed by atoms with Crippen LogP contribution in [-0.2, 0) is 23.5 Å². The molecule has 1 aromatic carbocycles. The van der Waals surface area contributed by atoms with Crippen LogP contribution in [0.1, 0.15) is 17.1 Å². The number of rotatable bonds is 3. The molecule has 0 atom stereocenters. The first kappa shape index (κ1) is 13.3. The van der Waals surface area contributed by atoms with Crippen LogP contribution in [0.3, 0.4) is 0 Å². The molecule has 104 valence electrons. The van der Waals surface area contributed by atoms with Crippen LogP contribution >= 0.6 is 11.8 Å². The lowest BCUT2D eigenvalue weighted by Crippen LogP contribution is -2.16. The minimum atomic E-state index is -0.233. The number of aromatic nitrogens is 2. The van der Waals surface area contributed by atoms with Crippen LogP contribution in [0.2, 0.25) is 0 Å². The van der Waals surface area contributed by atoms with Gasteiger partial charge in [-0.25, -0.2) is 14.4 Å². The first-order valence-electron chi connectivity index (χ1n) is 6.32. The highest BCUT2D eigenvalue weighted by molar-refractivity contribution is 7.98. The Kier molecular flexibility index (Phi) is 3.84. The molecule has 0 unspecified atom stereocenters. The van der Waals surface area contributed by atoms with Crippen molar-refractivity contribution >= 4 is 17.6 Å². The fourth-order valence-electron chi connectivity index (χ4n) is 2.05. The maximum Gasteiger partial charge on any atom is 0.141 e. The summed E-state index contributed by atoms with van der Waals surface area (Å²) in [6.07, 6.45) is 0.774. The van der Waals surface area contributed by atoms with Crippen LogP contribution in [0.4, 0.5) is 10.2 Å². The van der Waals surface area contributed by atoms with E-state index in [1.807, 2.05) is 0 Å². The second-order valence-corrected chi connectivity index (χ2v) is 5.54. The van der Waals surface area contributed by atoms with Crippen molar-refractivity contribution in [2.45, 2.75) is 23.7 Å². The molecule has 0 spiro atoms. The standard InChI is InChI=1S/C14H14FN3OS/c15-9-1-3-10(4-2-9)20-8-13-17-12-5-6-19-7-11(12)14(16)18-13/h1-4H,5-8H2,(H2,16,17,18). The van der Waals surface area contributed by atoms with Crippen LogP contribution in [0.25, 0.3) is 0 Å². The Morgan fingerprint density at radius 3 is 2.85 bits per heavy atom. The molecule has 0 radical (unpaired) electrons. The first-order chi connectivity index (χ1) is 9.72. The van der Waals surface area contributed by atoms with Gasteiger partial charge >= 0.3 is 0 Å². The van der Waals surface area contributed by atoms with E-state index < -0.39 is 0 Å². The topological polar surface area (TPSA) is 61.0 Å². The van der Waals surface area contributed by atoms with Crippen molar-refractivity contribution in [1.82, 2.24) is 9.97 Å². The van der Waals surface area contributed by atoms with E-state index in [0.717, 1.165) is 22.6 Å². The smallest absolute Gasteiger partial charge is 0.141 e. The van der Waals surface area contributed by atoms with E-state index in [2.05, 4.69) is 9.97 Å². The minimum Gasteiger partial charge on any atom is -0.383 e. The van der Waals surface area contributed by atoms with Gasteiger partial charge in [-0.15, -0.1) is 11.8 Å². The number of benzene rings is 1. The number of nitrogens with zero attached hydrogens (tertiary/aromatic N) is 2. The second kappa shape index (κ2) is 5.76. The van der Waals surface area contributed by atoms with Crippen molar-refractivity contribution in [2.75, 3.05) is 12.3 Å². The molecule has 20 heavy (non-hydrogen) atoms. The summed E-state index contributed by atoms with van der Waals surface area (Å²) in [7, 11) is 0. The van der Waals surface area contributed by atoms with Gasteiger partial charge in [-0.3, -0.25) is 0 Å². The van der Waals surface area contributed by atoms with E-state index >= 15 is 0 Å². The van der Waals surface area contributed by atoms with Gasteiger partial charge in [0, 0.05) is 16.9 Å². The van der Waals surface area contributed by atoms with Gasteiger partial charge in [0.25, 0.3) is 0 Å². The number of ether oxygens (including phenoxy) is 1. The maximum atomic E-state index is 12.8. The Morgan fingerprint density at radius 2 is 2.05 bits per heavy atom. The second-order valence-electron chi connectivity index (χ2n) is 4.50. The Hall–Kier alpha value is -1.66. The average Bonchev–Trinajstić information content (AvgIpc) is 2.47. The van der Waals surface area contributed by atoms with Crippen molar-refractivity contribution in [3.63, 3.8) is 0 Å². The number of halogens is 1. The van der Waals surface area contributed by atoms with Gasteiger partial charge < -0.3 is 10.5 Å². The number of anilines is 1. The summed E-state index contributed by atoms with van der Waals surface area (Å²) in [5.41, 5.74) is 7.83. The summed E-state index contributed by atoms with van der Waals surface area (Å²) in [6, 6.07) is 6.38. The molecule has 0 bridgehead atoms. The third-order valence-electron chi connectivity index (χ3n) is 3.08.